The fourth-order valence-corrected chi connectivity index (χ4v) is 10.7. The molecular formula is C63H62N4O. The molecule has 2 aliphatic rings. The Balaban J connectivity index is 1.02. The van der Waals surface area contributed by atoms with Crippen LogP contribution in [0.1, 0.15) is 104 Å². The molecule has 5 heteroatoms. The fraction of sp³-hybridized carbons (Fsp3) is 0.254. The third-order valence-corrected chi connectivity index (χ3v) is 14.5. The van der Waals surface area contributed by atoms with Crippen LogP contribution in [0.25, 0.3) is 49.9 Å². The largest absolute Gasteiger partial charge is 0.457 e. The van der Waals surface area contributed by atoms with E-state index in [1.807, 2.05) is 6.20 Å². The number of aromatic nitrogens is 2. The van der Waals surface area contributed by atoms with Crippen molar-refractivity contribution in [1.82, 2.24) is 9.55 Å². The molecule has 0 saturated heterocycles. The van der Waals surface area contributed by atoms with E-state index in [9.17, 15) is 0 Å². The smallest absolute Gasteiger partial charge is 0.137 e. The van der Waals surface area contributed by atoms with E-state index in [1.54, 1.807) is 0 Å². The van der Waals surface area contributed by atoms with Crippen molar-refractivity contribution < 1.29 is 4.74 Å². The van der Waals surface area contributed by atoms with Crippen molar-refractivity contribution in [3.05, 3.63) is 192 Å². The number of benzene rings is 7. The Kier molecular flexibility index (Phi) is 9.88. The summed E-state index contributed by atoms with van der Waals surface area (Å²) in [7, 11) is 0. The number of rotatable bonds is 7. The Labute approximate surface area is 402 Å². The second-order valence-corrected chi connectivity index (χ2v) is 22.6. The first-order chi connectivity index (χ1) is 32.4. The lowest BCUT2D eigenvalue weighted by Crippen LogP contribution is -2.25. The van der Waals surface area contributed by atoms with Gasteiger partial charge in [0.15, 0.2) is 0 Å². The molecule has 0 atom stereocenters. The van der Waals surface area contributed by atoms with Crippen LogP contribution in [0.5, 0.6) is 11.5 Å². The quantitative estimate of drug-likeness (QED) is 0.160. The van der Waals surface area contributed by atoms with Crippen LogP contribution in [0, 0.1) is 0 Å². The number of anilines is 4. The molecule has 0 radical (unpaired) electrons. The van der Waals surface area contributed by atoms with Crippen LogP contribution in [-0.2, 0) is 21.7 Å². The highest BCUT2D eigenvalue weighted by molar-refractivity contribution is 6.16. The zero-order chi connectivity index (χ0) is 47.5. The Morgan fingerprint density at radius 1 is 0.485 bits per heavy atom. The van der Waals surface area contributed by atoms with Gasteiger partial charge in [0.2, 0.25) is 0 Å². The summed E-state index contributed by atoms with van der Waals surface area (Å²) in [4.78, 5) is 9.93. The summed E-state index contributed by atoms with van der Waals surface area (Å²) in [5.41, 5.74) is 18.0. The summed E-state index contributed by atoms with van der Waals surface area (Å²) in [6, 6.07) is 58.0. The number of hydrogen-bond donors (Lipinski definition) is 0. The SMILES string of the molecule is CC(C)(C)c1cc(-c2cccc(-c3ccccc3)c2N2CN(c3cccc(Oc4cc5c6c7c(cccc7n(-c7cc(C(C)(C)C)ccn7)c6c4)C5(C)C)c3)c3ccccc32)cc(C(C)(C)C)c1. The van der Waals surface area contributed by atoms with Crippen molar-refractivity contribution in [1.29, 1.82) is 0 Å². The van der Waals surface area contributed by atoms with Gasteiger partial charge in [0, 0.05) is 51.3 Å². The first-order valence-electron chi connectivity index (χ1n) is 24.2. The predicted octanol–water partition coefficient (Wildman–Crippen LogP) is 17.1. The van der Waals surface area contributed by atoms with Crippen LogP contribution in [0.2, 0.25) is 0 Å². The predicted molar refractivity (Wildman–Crippen MR) is 286 cm³/mol. The summed E-state index contributed by atoms with van der Waals surface area (Å²) >= 11 is 0. The molecule has 7 aromatic carbocycles. The molecule has 0 amide bonds. The van der Waals surface area contributed by atoms with E-state index in [0.29, 0.717) is 6.67 Å². The molecule has 340 valence electrons. The molecular weight excluding hydrogens is 829 g/mol. The molecule has 1 aliphatic heterocycles. The van der Waals surface area contributed by atoms with Gasteiger partial charge in [0.1, 0.15) is 24.0 Å². The van der Waals surface area contributed by atoms with E-state index in [0.717, 1.165) is 39.9 Å². The standard InChI is InChI=1S/C63H62N4O/c1-60(2,3)42-30-31-64-56(35-42)67-54-29-19-26-50-57(54)58-51(63(50,10)11)37-47(38-55(58)67)68-46-23-17-22-45(36-46)65-39-66(53-28-16-15-27-52(53)65)59-48(40-20-13-12-14-21-40)24-18-25-49(59)41-32-43(61(4,5)6)34-44(33-41)62(7,8)9/h12-38H,39H2,1-11H3. The molecule has 0 bridgehead atoms. The normalized spacial score (nSPS) is 14.4. The Hall–Kier alpha value is -7.11. The minimum absolute atomic E-state index is 0.0141. The van der Waals surface area contributed by atoms with Gasteiger partial charge in [-0.15, -0.1) is 0 Å². The lowest BCUT2D eigenvalue weighted by atomic mass is 9.78. The highest BCUT2D eigenvalue weighted by Crippen LogP contribution is 2.54. The zero-order valence-electron chi connectivity index (χ0n) is 41.5. The van der Waals surface area contributed by atoms with E-state index in [-0.39, 0.29) is 21.7 Å². The van der Waals surface area contributed by atoms with Crippen LogP contribution >= 0.6 is 0 Å². The van der Waals surface area contributed by atoms with Crippen LogP contribution in [0.15, 0.2) is 164 Å². The fourth-order valence-electron chi connectivity index (χ4n) is 10.7. The van der Waals surface area contributed by atoms with E-state index >= 15 is 0 Å². The number of hydrogen-bond acceptors (Lipinski definition) is 4. The molecule has 68 heavy (non-hydrogen) atoms. The van der Waals surface area contributed by atoms with Crippen molar-refractivity contribution in [2.45, 2.75) is 97.8 Å². The summed E-state index contributed by atoms with van der Waals surface area (Å²) in [5.74, 6) is 2.52. The van der Waals surface area contributed by atoms with E-state index in [1.165, 1.54) is 72.0 Å². The molecule has 0 N–H and O–H groups in total. The third kappa shape index (κ3) is 7.17. The third-order valence-electron chi connectivity index (χ3n) is 14.5. The molecule has 11 rings (SSSR count). The van der Waals surface area contributed by atoms with E-state index < -0.39 is 0 Å². The van der Waals surface area contributed by atoms with Crippen molar-refractivity contribution >= 4 is 44.6 Å². The summed E-state index contributed by atoms with van der Waals surface area (Å²) in [6.45, 7) is 26.0. The Morgan fingerprint density at radius 2 is 1.10 bits per heavy atom. The molecule has 9 aromatic rings. The van der Waals surface area contributed by atoms with Crippen molar-refractivity contribution in [2.24, 2.45) is 0 Å². The van der Waals surface area contributed by atoms with Gasteiger partial charge < -0.3 is 14.5 Å². The maximum atomic E-state index is 7.03. The van der Waals surface area contributed by atoms with Crippen molar-refractivity contribution in [2.75, 3.05) is 16.5 Å². The molecule has 1 aliphatic carbocycles. The number of nitrogens with zero attached hydrogens (tertiary/aromatic N) is 4. The van der Waals surface area contributed by atoms with Gasteiger partial charge in [0.05, 0.1) is 28.1 Å². The Morgan fingerprint density at radius 3 is 1.79 bits per heavy atom. The van der Waals surface area contributed by atoms with Crippen LogP contribution in [0.3, 0.4) is 0 Å². The number of para-hydroxylation sites is 3. The van der Waals surface area contributed by atoms with Gasteiger partial charge in [0.25, 0.3) is 0 Å². The molecule has 3 heterocycles. The van der Waals surface area contributed by atoms with Gasteiger partial charge >= 0.3 is 0 Å². The van der Waals surface area contributed by atoms with Crippen molar-refractivity contribution in [3.8, 4) is 39.6 Å². The average Bonchev–Trinajstić information content (AvgIpc) is 3.94. The van der Waals surface area contributed by atoms with Crippen LogP contribution in [0.4, 0.5) is 22.7 Å². The summed E-state index contributed by atoms with van der Waals surface area (Å²) in [6.07, 6.45) is 1.95. The van der Waals surface area contributed by atoms with Gasteiger partial charge in [-0.05, 0) is 104 Å². The molecule has 5 nitrogen and oxygen atoms in total. The van der Waals surface area contributed by atoms with Gasteiger partial charge in [-0.25, -0.2) is 4.98 Å². The summed E-state index contributed by atoms with van der Waals surface area (Å²) < 4.78 is 9.37. The second kappa shape index (κ2) is 15.5. The van der Waals surface area contributed by atoms with Crippen molar-refractivity contribution in [3.63, 3.8) is 0 Å². The van der Waals surface area contributed by atoms with Crippen LogP contribution in [-0.4, -0.2) is 16.2 Å². The second-order valence-electron chi connectivity index (χ2n) is 22.6. The number of pyridine rings is 1. The minimum Gasteiger partial charge on any atom is -0.457 e. The average molecular weight is 891 g/mol. The molecule has 2 aromatic heterocycles. The summed E-state index contributed by atoms with van der Waals surface area (Å²) in [5, 5.41) is 2.60. The van der Waals surface area contributed by atoms with Gasteiger partial charge in [-0.2, -0.15) is 0 Å². The number of fused-ring (bicyclic) bond motifs is 1. The monoisotopic (exact) mass is 890 g/mol. The Bertz CT molecular complexity index is 3410. The maximum absolute atomic E-state index is 7.03. The molecule has 0 unspecified atom stereocenters. The number of ether oxygens (including phenoxy) is 1. The molecule has 0 spiro atoms. The first kappa shape index (κ1) is 43.5. The zero-order valence-corrected chi connectivity index (χ0v) is 41.5. The highest BCUT2D eigenvalue weighted by Gasteiger charge is 2.38. The lowest BCUT2D eigenvalue weighted by Gasteiger charge is -2.29. The van der Waals surface area contributed by atoms with Crippen LogP contribution < -0.4 is 14.5 Å². The minimum atomic E-state index is -0.191. The molecule has 0 saturated carbocycles. The molecule has 0 fully saturated rings. The maximum Gasteiger partial charge on any atom is 0.137 e. The lowest BCUT2D eigenvalue weighted by molar-refractivity contribution is 0.481. The highest BCUT2D eigenvalue weighted by atomic mass is 16.5. The van der Waals surface area contributed by atoms with Gasteiger partial charge in [-0.1, -0.05) is 173 Å². The van der Waals surface area contributed by atoms with E-state index in [4.69, 9.17) is 9.72 Å². The first-order valence-corrected chi connectivity index (χ1v) is 24.2. The van der Waals surface area contributed by atoms with Gasteiger partial charge in [-0.3, -0.25) is 4.57 Å². The van der Waals surface area contributed by atoms with E-state index in [2.05, 4.69) is 248 Å². The topological polar surface area (TPSA) is 33.5 Å².